The minimum absolute atomic E-state index is 0.215. The van der Waals surface area contributed by atoms with Crippen molar-refractivity contribution in [2.45, 2.75) is 39.8 Å². The minimum atomic E-state index is 0.215. The van der Waals surface area contributed by atoms with Crippen molar-refractivity contribution in [1.82, 2.24) is 4.90 Å². The molecule has 2 N–H and O–H groups in total. The van der Waals surface area contributed by atoms with E-state index < -0.39 is 0 Å². The number of benzene rings is 1. The Morgan fingerprint density at radius 1 is 1.28 bits per heavy atom. The van der Waals surface area contributed by atoms with E-state index in [2.05, 4.69) is 13.8 Å². The van der Waals surface area contributed by atoms with Gasteiger partial charge in [-0.05, 0) is 17.0 Å². The summed E-state index contributed by atoms with van der Waals surface area (Å²) in [5.74, 6) is 0.673. The van der Waals surface area contributed by atoms with E-state index in [4.69, 9.17) is 5.73 Å². The zero-order valence-corrected chi connectivity index (χ0v) is 11.6. The van der Waals surface area contributed by atoms with E-state index in [0.717, 1.165) is 17.5 Å². The summed E-state index contributed by atoms with van der Waals surface area (Å²) in [5.41, 5.74) is 7.82. The lowest BCUT2D eigenvalue weighted by Gasteiger charge is -2.19. The fraction of sp³-hybridized carbons (Fsp3) is 0.533. The topological polar surface area (TPSA) is 46.3 Å². The first kappa shape index (κ1) is 14.7. The largest absolute Gasteiger partial charge is 0.341 e. The SMILES string of the molecule is CCC(C)CC(=O)N(C)Cc1ccc(CN)cc1. The fourth-order valence-corrected chi connectivity index (χ4v) is 1.74. The van der Waals surface area contributed by atoms with Gasteiger partial charge in [-0.15, -0.1) is 0 Å². The highest BCUT2D eigenvalue weighted by molar-refractivity contribution is 5.76. The maximum atomic E-state index is 11.9. The Balaban J connectivity index is 2.52. The van der Waals surface area contributed by atoms with E-state index in [1.165, 1.54) is 0 Å². The maximum Gasteiger partial charge on any atom is 0.222 e. The fourth-order valence-electron chi connectivity index (χ4n) is 1.74. The molecule has 3 heteroatoms. The molecule has 0 bridgehead atoms. The summed E-state index contributed by atoms with van der Waals surface area (Å²) in [4.78, 5) is 13.7. The van der Waals surface area contributed by atoms with Crippen LogP contribution in [0.3, 0.4) is 0 Å². The molecular formula is C15H24N2O. The predicted molar refractivity (Wildman–Crippen MR) is 74.9 cm³/mol. The molecule has 0 fully saturated rings. The van der Waals surface area contributed by atoms with Crippen LogP contribution in [0.4, 0.5) is 0 Å². The molecular weight excluding hydrogens is 224 g/mol. The molecule has 1 atom stereocenters. The van der Waals surface area contributed by atoms with Gasteiger partial charge in [-0.1, -0.05) is 44.5 Å². The monoisotopic (exact) mass is 248 g/mol. The zero-order valence-electron chi connectivity index (χ0n) is 11.6. The Labute approximate surface area is 110 Å². The van der Waals surface area contributed by atoms with Crippen molar-refractivity contribution >= 4 is 5.91 Å². The molecule has 1 amide bonds. The van der Waals surface area contributed by atoms with Crippen molar-refractivity contribution in [3.8, 4) is 0 Å². The summed E-state index contributed by atoms with van der Waals surface area (Å²) >= 11 is 0. The van der Waals surface area contributed by atoms with E-state index >= 15 is 0 Å². The molecule has 1 aromatic rings. The van der Waals surface area contributed by atoms with E-state index in [9.17, 15) is 4.79 Å². The van der Waals surface area contributed by atoms with Crippen LogP contribution in [0.1, 0.15) is 37.8 Å². The molecule has 1 aromatic carbocycles. The second kappa shape index (κ2) is 7.17. The number of hydrogen-bond acceptors (Lipinski definition) is 2. The molecule has 0 spiro atoms. The van der Waals surface area contributed by atoms with E-state index in [0.29, 0.717) is 25.4 Å². The molecule has 0 saturated heterocycles. The van der Waals surface area contributed by atoms with Crippen LogP contribution in [0.2, 0.25) is 0 Å². The summed E-state index contributed by atoms with van der Waals surface area (Å²) < 4.78 is 0. The van der Waals surface area contributed by atoms with Crippen LogP contribution in [-0.2, 0) is 17.9 Å². The van der Waals surface area contributed by atoms with Gasteiger partial charge >= 0.3 is 0 Å². The van der Waals surface area contributed by atoms with Crippen molar-refractivity contribution in [3.63, 3.8) is 0 Å². The lowest BCUT2D eigenvalue weighted by Crippen LogP contribution is -2.27. The van der Waals surface area contributed by atoms with E-state index in [1.807, 2.05) is 31.3 Å². The van der Waals surface area contributed by atoms with Crippen molar-refractivity contribution in [3.05, 3.63) is 35.4 Å². The Kier molecular flexibility index (Phi) is 5.86. The van der Waals surface area contributed by atoms with Gasteiger partial charge in [-0.3, -0.25) is 4.79 Å². The standard InChI is InChI=1S/C15H24N2O/c1-4-12(2)9-15(18)17(3)11-14-7-5-13(10-16)6-8-14/h5-8,12H,4,9-11,16H2,1-3H3. The van der Waals surface area contributed by atoms with Gasteiger partial charge in [0, 0.05) is 26.6 Å². The number of hydrogen-bond donors (Lipinski definition) is 1. The van der Waals surface area contributed by atoms with Gasteiger partial charge in [0.15, 0.2) is 0 Å². The van der Waals surface area contributed by atoms with Gasteiger partial charge in [0.2, 0.25) is 5.91 Å². The quantitative estimate of drug-likeness (QED) is 0.841. The number of nitrogens with zero attached hydrogens (tertiary/aromatic N) is 1. The third-order valence-corrected chi connectivity index (χ3v) is 3.32. The summed E-state index contributed by atoms with van der Waals surface area (Å²) in [6.07, 6.45) is 1.68. The van der Waals surface area contributed by atoms with Crippen molar-refractivity contribution in [2.24, 2.45) is 11.7 Å². The second-order valence-electron chi connectivity index (χ2n) is 4.99. The van der Waals surface area contributed by atoms with Gasteiger partial charge in [0.1, 0.15) is 0 Å². The highest BCUT2D eigenvalue weighted by Crippen LogP contribution is 2.11. The van der Waals surface area contributed by atoms with Crippen LogP contribution < -0.4 is 5.73 Å². The van der Waals surface area contributed by atoms with Crippen LogP contribution >= 0.6 is 0 Å². The first-order chi connectivity index (χ1) is 8.56. The third-order valence-electron chi connectivity index (χ3n) is 3.32. The molecule has 0 heterocycles. The van der Waals surface area contributed by atoms with Crippen LogP contribution in [-0.4, -0.2) is 17.9 Å². The number of carbonyl (C=O) groups is 1. The van der Waals surface area contributed by atoms with E-state index in [-0.39, 0.29) is 5.91 Å². The highest BCUT2D eigenvalue weighted by Gasteiger charge is 2.12. The smallest absolute Gasteiger partial charge is 0.222 e. The second-order valence-corrected chi connectivity index (χ2v) is 4.99. The maximum absolute atomic E-state index is 11.9. The van der Waals surface area contributed by atoms with Crippen molar-refractivity contribution in [1.29, 1.82) is 0 Å². The molecule has 3 nitrogen and oxygen atoms in total. The van der Waals surface area contributed by atoms with Gasteiger partial charge < -0.3 is 10.6 Å². The predicted octanol–water partition coefficient (Wildman–Crippen LogP) is 2.54. The Morgan fingerprint density at radius 3 is 2.33 bits per heavy atom. The van der Waals surface area contributed by atoms with Crippen LogP contribution in [0.25, 0.3) is 0 Å². The Hall–Kier alpha value is -1.35. The third kappa shape index (κ3) is 4.49. The zero-order chi connectivity index (χ0) is 13.5. The Bertz CT molecular complexity index is 373. The molecule has 0 radical (unpaired) electrons. The van der Waals surface area contributed by atoms with Gasteiger partial charge in [-0.25, -0.2) is 0 Å². The molecule has 0 aliphatic carbocycles. The first-order valence-electron chi connectivity index (χ1n) is 6.58. The van der Waals surface area contributed by atoms with Crippen molar-refractivity contribution in [2.75, 3.05) is 7.05 Å². The van der Waals surface area contributed by atoms with Gasteiger partial charge in [-0.2, -0.15) is 0 Å². The van der Waals surface area contributed by atoms with E-state index in [1.54, 1.807) is 4.90 Å². The molecule has 0 saturated carbocycles. The Morgan fingerprint density at radius 2 is 1.83 bits per heavy atom. The molecule has 0 aromatic heterocycles. The molecule has 18 heavy (non-hydrogen) atoms. The van der Waals surface area contributed by atoms with Gasteiger partial charge in [0.05, 0.1) is 0 Å². The lowest BCUT2D eigenvalue weighted by molar-refractivity contribution is -0.131. The number of rotatable bonds is 6. The van der Waals surface area contributed by atoms with Crippen LogP contribution in [0, 0.1) is 5.92 Å². The van der Waals surface area contributed by atoms with Gasteiger partial charge in [0.25, 0.3) is 0 Å². The lowest BCUT2D eigenvalue weighted by atomic mass is 10.0. The normalized spacial score (nSPS) is 12.2. The molecule has 1 unspecified atom stereocenters. The number of nitrogens with two attached hydrogens (primary N) is 1. The molecule has 0 aliphatic rings. The van der Waals surface area contributed by atoms with Crippen LogP contribution in [0.5, 0.6) is 0 Å². The van der Waals surface area contributed by atoms with Crippen LogP contribution in [0.15, 0.2) is 24.3 Å². The highest BCUT2D eigenvalue weighted by atomic mass is 16.2. The first-order valence-corrected chi connectivity index (χ1v) is 6.58. The summed E-state index contributed by atoms with van der Waals surface area (Å²) in [6.45, 7) is 5.45. The minimum Gasteiger partial charge on any atom is -0.341 e. The number of carbonyl (C=O) groups excluding carboxylic acids is 1. The average molecular weight is 248 g/mol. The number of amides is 1. The average Bonchev–Trinajstić information content (AvgIpc) is 2.39. The summed E-state index contributed by atoms with van der Waals surface area (Å²) in [6, 6.07) is 8.11. The molecule has 0 aliphatic heterocycles. The molecule has 1 rings (SSSR count). The molecule has 100 valence electrons. The summed E-state index contributed by atoms with van der Waals surface area (Å²) in [5, 5.41) is 0. The summed E-state index contributed by atoms with van der Waals surface area (Å²) in [7, 11) is 1.86. The van der Waals surface area contributed by atoms with Crippen molar-refractivity contribution < 1.29 is 4.79 Å².